The van der Waals surface area contributed by atoms with E-state index in [0.717, 1.165) is 12.1 Å². The number of aromatic nitrogens is 2. The smallest absolute Gasteiger partial charge is 0.416 e. The SMILES string of the molecule is CCCN(C(=O)Nc1ccc(C(F)(F)F)cc1)C(C)c1nc2ccccc2c(=O)n1-c1cc(OC)cc(OC)c1Br. The van der Waals surface area contributed by atoms with Crippen molar-refractivity contribution in [3.63, 3.8) is 0 Å². The second-order valence-electron chi connectivity index (χ2n) is 9.17. The van der Waals surface area contributed by atoms with Crippen LogP contribution in [0.2, 0.25) is 0 Å². The van der Waals surface area contributed by atoms with E-state index in [1.165, 1.54) is 35.8 Å². The minimum absolute atomic E-state index is 0.195. The van der Waals surface area contributed by atoms with Gasteiger partial charge >= 0.3 is 12.2 Å². The molecule has 1 atom stereocenters. The molecule has 0 spiro atoms. The minimum atomic E-state index is -4.49. The van der Waals surface area contributed by atoms with Crippen molar-refractivity contribution in [1.29, 1.82) is 0 Å². The predicted molar refractivity (Wildman–Crippen MR) is 154 cm³/mol. The first-order chi connectivity index (χ1) is 19.5. The van der Waals surface area contributed by atoms with Crippen LogP contribution < -0.4 is 20.3 Å². The highest BCUT2D eigenvalue weighted by Crippen LogP contribution is 2.37. The van der Waals surface area contributed by atoms with E-state index < -0.39 is 23.8 Å². The highest BCUT2D eigenvalue weighted by Gasteiger charge is 2.31. The van der Waals surface area contributed by atoms with Crippen LogP contribution in [0.15, 0.2) is 69.9 Å². The van der Waals surface area contributed by atoms with Crippen molar-refractivity contribution >= 4 is 38.6 Å². The van der Waals surface area contributed by atoms with Gasteiger partial charge in [-0.2, -0.15) is 13.2 Å². The zero-order chi connectivity index (χ0) is 29.9. The van der Waals surface area contributed by atoms with Crippen LogP contribution in [0.5, 0.6) is 11.5 Å². The summed E-state index contributed by atoms with van der Waals surface area (Å²) >= 11 is 3.54. The molecule has 0 radical (unpaired) electrons. The molecule has 2 amide bonds. The molecule has 0 aliphatic rings. The van der Waals surface area contributed by atoms with Gasteiger partial charge in [0, 0.05) is 24.4 Å². The molecule has 1 heterocycles. The summed E-state index contributed by atoms with van der Waals surface area (Å²) in [7, 11) is 2.98. The topological polar surface area (TPSA) is 85.7 Å². The molecule has 12 heteroatoms. The summed E-state index contributed by atoms with van der Waals surface area (Å²) in [6, 6.07) is 13.1. The molecule has 0 saturated heterocycles. The lowest BCUT2D eigenvalue weighted by atomic mass is 10.1. The van der Waals surface area contributed by atoms with Gasteiger partial charge in [-0.05, 0) is 65.7 Å². The molecule has 0 fully saturated rings. The Bertz CT molecular complexity index is 1620. The van der Waals surface area contributed by atoms with Crippen LogP contribution in [-0.2, 0) is 6.18 Å². The highest BCUT2D eigenvalue weighted by molar-refractivity contribution is 9.10. The van der Waals surface area contributed by atoms with Gasteiger partial charge in [0.05, 0.1) is 46.9 Å². The van der Waals surface area contributed by atoms with Gasteiger partial charge in [-0.25, -0.2) is 9.78 Å². The van der Waals surface area contributed by atoms with E-state index >= 15 is 0 Å². The second-order valence-corrected chi connectivity index (χ2v) is 9.96. The van der Waals surface area contributed by atoms with Crippen LogP contribution >= 0.6 is 15.9 Å². The van der Waals surface area contributed by atoms with Crippen LogP contribution in [-0.4, -0.2) is 41.2 Å². The Morgan fingerprint density at radius 3 is 2.39 bits per heavy atom. The molecule has 0 saturated carbocycles. The number of benzene rings is 3. The molecule has 0 aliphatic heterocycles. The largest absolute Gasteiger partial charge is 0.497 e. The lowest BCUT2D eigenvalue weighted by Crippen LogP contribution is -2.40. The van der Waals surface area contributed by atoms with Gasteiger partial charge in [0.15, 0.2) is 0 Å². The summed E-state index contributed by atoms with van der Waals surface area (Å²) < 4.78 is 51.8. The Morgan fingerprint density at radius 2 is 1.78 bits per heavy atom. The van der Waals surface area contributed by atoms with Crippen molar-refractivity contribution in [1.82, 2.24) is 14.5 Å². The third-order valence-electron chi connectivity index (χ3n) is 6.52. The third-order valence-corrected chi connectivity index (χ3v) is 7.32. The number of carbonyl (C=O) groups excluding carboxylic acids is 1. The van der Waals surface area contributed by atoms with E-state index in [9.17, 15) is 22.8 Å². The number of nitrogens with zero attached hydrogens (tertiary/aromatic N) is 3. The van der Waals surface area contributed by atoms with Crippen molar-refractivity contribution in [3.05, 3.63) is 86.9 Å². The normalized spacial score (nSPS) is 12.2. The molecular formula is C29H28BrF3N4O4. The summed E-state index contributed by atoms with van der Waals surface area (Å²) in [5.74, 6) is 1.12. The summed E-state index contributed by atoms with van der Waals surface area (Å²) in [6.45, 7) is 3.90. The fraction of sp³-hybridized carbons (Fsp3) is 0.276. The zero-order valence-electron chi connectivity index (χ0n) is 22.8. The first-order valence-corrected chi connectivity index (χ1v) is 13.5. The summed E-state index contributed by atoms with van der Waals surface area (Å²) in [5, 5.41) is 3.04. The molecule has 3 aromatic carbocycles. The average molecular weight is 633 g/mol. The van der Waals surface area contributed by atoms with Crippen molar-refractivity contribution in [3.8, 4) is 17.2 Å². The van der Waals surface area contributed by atoms with Crippen LogP contribution in [0.25, 0.3) is 16.6 Å². The first kappa shape index (κ1) is 29.9. The molecule has 1 N–H and O–H groups in total. The molecule has 8 nitrogen and oxygen atoms in total. The number of para-hydroxylation sites is 1. The number of urea groups is 1. The number of methoxy groups -OCH3 is 2. The monoisotopic (exact) mass is 632 g/mol. The van der Waals surface area contributed by atoms with Crippen LogP contribution in [0.3, 0.4) is 0 Å². The molecule has 216 valence electrons. The Hall–Kier alpha value is -4.06. The lowest BCUT2D eigenvalue weighted by molar-refractivity contribution is -0.137. The molecular weight excluding hydrogens is 605 g/mol. The van der Waals surface area contributed by atoms with Crippen LogP contribution in [0, 0.1) is 0 Å². The van der Waals surface area contributed by atoms with Gasteiger partial charge in [-0.1, -0.05) is 19.1 Å². The molecule has 4 rings (SSSR count). The van der Waals surface area contributed by atoms with Gasteiger partial charge in [-0.15, -0.1) is 0 Å². The van der Waals surface area contributed by atoms with Gasteiger partial charge in [0.25, 0.3) is 5.56 Å². The fourth-order valence-electron chi connectivity index (χ4n) is 4.44. The van der Waals surface area contributed by atoms with Gasteiger partial charge in [0.1, 0.15) is 17.3 Å². The molecule has 1 unspecified atom stereocenters. The van der Waals surface area contributed by atoms with E-state index in [1.54, 1.807) is 43.3 Å². The van der Waals surface area contributed by atoms with E-state index in [1.807, 2.05) is 6.92 Å². The summed E-state index contributed by atoms with van der Waals surface area (Å²) in [5.41, 5.74) is -0.154. The predicted octanol–water partition coefficient (Wildman–Crippen LogP) is 7.19. The van der Waals surface area contributed by atoms with E-state index in [2.05, 4.69) is 21.2 Å². The molecule has 41 heavy (non-hydrogen) atoms. The number of anilines is 1. The lowest BCUT2D eigenvalue weighted by Gasteiger charge is -2.30. The Morgan fingerprint density at radius 1 is 1.10 bits per heavy atom. The van der Waals surface area contributed by atoms with E-state index in [4.69, 9.17) is 14.5 Å². The van der Waals surface area contributed by atoms with Crippen molar-refractivity contribution in [2.24, 2.45) is 0 Å². The van der Waals surface area contributed by atoms with E-state index in [-0.39, 0.29) is 23.6 Å². The van der Waals surface area contributed by atoms with E-state index in [0.29, 0.717) is 39.0 Å². The maximum Gasteiger partial charge on any atom is 0.416 e. The number of amides is 2. The Balaban J connectivity index is 1.84. The van der Waals surface area contributed by atoms with Gasteiger partial charge in [0.2, 0.25) is 0 Å². The number of ether oxygens (including phenoxy) is 2. The van der Waals surface area contributed by atoms with Gasteiger partial charge in [-0.3, -0.25) is 9.36 Å². The quantitative estimate of drug-likeness (QED) is 0.222. The maximum atomic E-state index is 14.0. The zero-order valence-corrected chi connectivity index (χ0v) is 24.3. The maximum absolute atomic E-state index is 14.0. The average Bonchev–Trinajstić information content (AvgIpc) is 2.95. The first-order valence-electron chi connectivity index (χ1n) is 12.7. The van der Waals surface area contributed by atoms with Crippen molar-refractivity contribution < 1.29 is 27.4 Å². The van der Waals surface area contributed by atoms with Crippen LogP contribution in [0.1, 0.15) is 37.7 Å². The second kappa shape index (κ2) is 12.2. The number of rotatable bonds is 8. The number of hydrogen-bond acceptors (Lipinski definition) is 5. The Kier molecular flexibility index (Phi) is 8.91. The standard InChI is InChI=1S/C29H28BrF3N4O4/c1-5-14-36(28(39)34-19-12-10-18(11-13-19)29(31,32)33)17(2)26-35-22-9-7-6-8-21(22)27(38)37(26)23-15-20(40-3)16-24(41-4)25(23)30/h6-13,15-17H,5,14H2,1-4H3,(H,34,39). The molecule has 0 bridgehead atoms. The number of fused-ring (bicyclic) bond motifs is 1. The third kappa shape index (κ3) is 6.17. The molecule has 1 aromatic heterocycles. The summed E-state index contributed by atoms with van der Waals surface area (Å²) in [4.78, 5) is 33.8. The number of alkyl halides is 3. The summed E-state index contributed by atoms with van der Waals surface area (Å²) in [6.07, 6.45) is -3.92. The number of nitrogens with one attached hydrogen (secondary N) is 1. The van der Waals surface area contributed by atoms with Crippen molar-refractivity contribution in [2.75, 3.05) is 26.1 Å². The number of hydrogen-bond donors (Lipinski definition) is 1. The molecule has 0 aliphatic carbocycles. The van der Waals surface area contributed by atoms with Crippen LogP contribution in [0.4, 0.5) is 23.7 Å². The number of halogens is 4. The van der Waals surface area contributed by atoms with Gasteiger partial charge < -0.3 is 19.7 Å². The highest BCUT2D eigenvalue weighted by atomic mass is 79.9. The minimum Gasteiger partial charge on any atom is -0.497 e. The Labute approximate surface area is 242 Å². The fourth-order valence-corrected chi connectivity index (χ4v) is 5.01. The number of carbonyl (C=O) groups is 1. The molecule has 4 aromatic rings. The van der Waals surface area contributed by atoms with Crippen molar-refractivity contribution in [2.45, 2.75) is 32.5 Å².